The van der Waals surface area contributed by atoms with Gasteiger partial charge in [0.2, 0.25) is 0 Å². The summed E-state index contributed by atoms with van der Waals surface area (Å²) in [5, 5.41) is 13.7. The topological polar surface area (TPSA) is 35.5 Å². The minimum Gasteiger partial charge on any atom is -0.394 e. The number of nitrogens with zero attached hydrogens (tertiary/aromatic N) is 1. The lowest BCUT2D eigenvalue weighted by Gasteiger charge is -2.39. The molecule has 1 aliphatic carbocycles. The lowest BCUT2D eigenvalue weighted by molar-refractivity contribution is 0.0894. The molecule has 2 fully saturated rings. The van der Waals surface area contributed by atoms with E-state index in [0.29, 0.717) is 18.6 Å². The Morgan fingerprint density at radius 1 is 1.24 bits per heavy atom. The van der Waals surface area contributed by atoms with Crippen LogP contribution in [-0.2, 0) is 0 Å². The molecule has 0 aromatic rings. The van der Waals surface area contributed by atoms with Gasteiger partial charge in [-0.25, -0.2) is 0 Å². The van der Waals surface area contributed by atoms with Crippen LogP contribution in [0.15, 0.2) is 0 Å². The summed E-state index contributed by atoms with van der Waals surface area (Å²) < 4.78 is 0. The second kappa shape index (κ2) is 7.43. The van der Waals surface area contributed by atoms with Gasteiger partial charge in [-0.15, -0.1) is 0 Å². The van der Waals surface area contributed by atoms with E-state index in [4.69, 9.17) is 0 Å². The molecule has 21 heavy (non-hydrogen) atoms. The Bertz CT molecular complexity index is 320. The normalized spacial score (nSPS) is 38.3. The maximum atomic E-state index is 9.97. The SMILES string of the molecule is CC(C)NC1(CO)CCCC1CCN1CCC(C)C(C)C1. The van der Waals surface area contributed by atoms with Crippen LogP contribution in [0.1, 0.15) is 59.8 Å². The van der Waals surface area contributed by atoms with E-state index in [2.05, 4.69) is 37.9 Å². The van der Waals surface area contributed by atoms with Crippen LogP contribution in [0.5, 0.6) is 0 Å². The zero-order chi connectivity index (χ0) is 15.5. The number of hydrogen-bond acceptors (Lipinski definition) is 3. The monoisotopic (exact) mass is 296 g/mol. The Kier molecular flexibility index (Phi) is 6.10. The van der Waals surface area contributed by atoms with Gasteiger partial charge in [0.05, 0.1) is 6.61 Å². The van der Waals surface area contributed by atoms with Crippen molar-refractivity contribution in [3.63, 3.8) is 0 Å². The summed E-state index contributed by atoms with van der Waals surface area (Å²) in [4.78, 5) is 2.65. The highest BCUT2D eigenvalue weighted by Crippen LogP contribution is 2.38. The van der Waals surface area contributed by atoms with Crippen molar-refractivity contribution in [1.29, 1.82) is 0 Å². The maximum absolute atomic E-state index is 9.97. The second-order valence-electron chi connectivity index (χ2n) is 8.03. The van der Waals surface area contributed by atoms with Crippen LogP contribution < -0.4 is 5.32 Å². The maximum Gasteiger partial charge on any atom is 0.0616 e. The average Bonchev–Trinajstić information content (AvgIpc) is 2.82. The highest BCUT2D eigenvalue weighted by molar-refractivity contribution is 5.00. The summed E-state index contributed by atoms with van der Waals surface area (Å²) in [5.41, 5.74) is -0.0111. The summed E-state index contributed by atoms with van der Waals surface area (Å²) in [6, 6.07) is 0.452. The zero-order valence-electron chi connectivity index (χ0n) is 14.6. The van der Waals surface area contributed by atoms with E-state index in [1.165, 1.54) is 45.3 Å². The quantitative estimate of drug-likeness (QED) is 0.791. The molecule has 0 radical (unpaired) electrons. The van der Waals surface area contributed by atoms with Crippen molar-refractivity contribution in [2.45, 2.75) is 71.4 Å². The van der Waals surface area contributed by atoms with Crippen LogP contribution in [0.3, 0.4) is 0 Å². The third kappa shape index (κ3) is 4.20. The molecular formula is C18H36N2O. The highest BCUT2D eigenvalue weighted by atomic mass is 16.3. The summed E-state index contributed by atoms with van der Waals surface area (Å²) in [7, 11) is 0. The van der Waals surface area contributed by atoms with Gasteiger partial charge in [-0.2, -0.15) is 0 Å². The predicted molar refractivity (Wildman–Crippen MR) is 89.4 cm³/mol. The van der Waals surface area contributed by atoms with E-state index < -0.39 is 0 Å². The van der Waals surface area contributed by atoms with Gasteiger partial charge < -0.3 is 15.3 Å². The summed E-state index contributed by atoms with van der Waals surface area (Å²) in [5.74, 6) is 2.35. The van der Waals surface area contributed by atoms with Gasteiger partial charge in [0.25, 0.3) is 0 Å². The molecule has 2 aliphatic rings. The Balaban J connectivity index is 1.86. The van der Waals surface area contributed by atoms with Gasteiger partial charge >= 0.3 is 0 Å². The lowest BCUT2D eigenvalue weighted by Crippen LogP contribution is -2.54. The summed E-state index contributed by atoms with van der Waals surface area (Å²) >= 11 is 0. The lowest BCUT2D eigenvalue weighted by atomic mass is 9.83. The second-order valence-corrected chi connectivity index (χ2v) is 8.03. The third-order valence-electron chi connectivity index (χ3n) is 6.03. The van der Waals surface area contributed by atoms with Crippen LogP contribution in [0.25, 0.3) is 0 Å². The summed E-state index contributed by atoms with van der Waals surface area (Å²) in [6.07, 6.45) is 6.26. The molecule has 0 bridgehead atoms. The molecular weight excluding hydrogens is 260 g/mol. The van der Waals surface area contributed by atoms with Gasteiger partial charge in [0.15, 0.2) is 0 Å². The zero-order valence-corrected chi connectivity index (χ0v) is 14.6. The number of rotatable bonds is 6. The largest absolute Gasteiger partial charge is 0.394 e. The molecule has 0 aromatic carbocycles. The molecule has 1 heterocycles. The van der Waals surface area contributed by atoms with E-state index in [9.17, 15) is 5.11 Å². The number of aliphatic hydroxyl groups excluding tert-OH is 1. The van der Waals surface area contributed by atoms with Crippen molar-refractivity contribution in [2.24, 2.45) is 17.8 Å². The molecule has 1 aliphatic heterocycles. The van der Waals surface area contributed by atoms with Gasteiger partial charge in [-0.1, -0.05) is 34.1 Å². The fourth-order valence-corrected chi connectivity index (χ4v) is 4.47. The molecule has 2 N–H and O–H groups in total. The Hall–Kier alpha value is -0.120. The first-order valence-electron chi connectivity index (χ1n) is 9.08. The van der Waals surface area contributed by atoms with Gasteiger partial charge in [0, 0.05) is 18.1 Å². The van der Waals surface area contributed by atoms with E-state index in [-0.39, 0.29) is 5.54 Å². The van der Waals surface area contributed by atoms with Crippen LogP contribution in [-0.4, -0.2) is 47.8 Å². The van der Waals surface area contributed by atoms with Crippen LogP contribution >= 0.6 is 0 Å². The minimum atomic E-state index is -0.0111. The van der Waals surface area contributed by atoms with Gasteiger partial charge in [-0.3, -0.25) is 0 Å². The predicted octanol–water partition coefficient (Wildman–Crippen LogP) is 2.88. The Labute approximate surface area is 131 Å². The Morgan fingerprint density at radius 3 is 2.62 bits per heavy atom. The van der Waals surface area contributed by atoms with Crippen LogP contribution in [0, 0.1) is 17.8 Å². The molecule has 2 rings (SSSR count). The first-order valence-corrected chi connectivity index (χ1v) is 9.08. The minimum absolute atomic E-state index is 0.0111. The first-order chi connectivity index (χ1) is 9.97. The van der Waals surface area contributed by atoms with Crippen molar-refractivity contribution in [1.82, 2.24) is 10.2 Å². The number of likely N-dealkylation sites (tertiary alicyclic amines) is 1. The number of aliphatic hydroxyl groups is 1. The molecule has 3 heteroatoms. The van der Waals surface area contributed by atoms with Crippen molar-refractivity contribution in [3.05, 3.63) is 0 Å². The number of nitrogens with one attached hydrogen (secondary N) is 1. The van der Waals surface area contributed by atoms with Crippen molar-refractivity contribution in [2.75, 3.05) is 26.2 Å². The first kappa shape index (κ1) is 17.2. The van der Waals surface area contributed by atoms with Crippen molar-refractivity contribution < 1.29 is 5.11 Å². The van der Waals surface area contributed by atoms with Crippen LogP contribution in [0.4, 0.5) is 0 Å². The third-order valence-corrected chi connectivity index (χ3v) is 6.03. The number of piperidine rings is 1. The molecule has 124 valence electrons. The number of hydrogen-bond donors (Lipinski definition) is 2. The Morgan fingerprint density at radius 2 is 2.00 bits per heavy atom. The standard InChI is InChI=1S/C18H36N2O/c1-14(2)19-18(13-21)9-5-6-17(18)8-11-20-10-7-15(3)16(4)12-20/h14-17,19,21H,5-13H2,1-4H3. The molecule has 0 amide bonds. The van der Waals surface area contributed by atoms with Crippen LogP contribution in [0.2, 0.25) is 0 Å². The van der Waals surface area contributed by atoms with E-state index >= 15 is 0 Å². The summed E-state index contributed by atoms with van der Waals surface area (Å²) in [6.45, 7) is 13.2. The van der Waals surface area contributed by atoms with E-state index in [1.54, 1.807) is 0 Å². The fourth-order valence-electron chi connectivity index (χ4n) is 4.47. The van der Waals surface area contributed by atoms with Gasteiger partial charge in [-0.05, 0) is 56.5 Å². The molecule has 0 spiro atoms. The molecule has 1 saturated carbocycles. The average molecular weight is 296 g/mol. The molecule has 1 saturated heterocycles. The van der Waals surface area contributed by atoms with E-state index in [1.807, 2.05) is 0 Å². The molecule has 4 unspecified atom stereocenters. The molecule has 4 atom stereocenters. The molecule has 0 aromatic heterocycles. The molecule has 3 nitrogen and oxygen atoms in total. The van der Waals surface area contributed by atoms with E-state index in [0.717, 1.165) is 18.3 Å². The highest BCUT2D eigenvalue weighted by Gasteiger charge is 2.42. The van der Waals surface area contributed by atoms with Crippen molar-refractivity contribution in [3.8, 4) is 0 Å². The van der Waals surface area contributed by atoms with Crippen molar-refractivity contribution >= 4 is 0 Å². The fraction of sp³-hybridized carbons (Fsp3) is 1.00. The van der Waals surface area contributed by atoms with Gasteiger partial charge in [0.1, 0.15) is 0 Å². The smallest absolute Gasteiger partial charge is 0.0616 e.